The van der Waals surface area contributed by atoms with Gasteiger partial charge in [-0.2, -0.15) is 0 Å². The summed E-state index contributed by atoms with van der Waals surface area (Å²) < 4.78 is 4.48. The minimum atomic E-state index is -0.389. The predicted octanol–water partition coefficient (Wildman–Crippen LogP) is 3.00. The lowest BCUT2D eigenvalue weighted by atomic mass is 10.3. The molecule has 0 aromatic rings. The Labute approximate surface area is 89.6 Å². The van der Waals surface area contributed by atoms with E-state index in [1.807, 2.05) is 12.2 Å². The van der Waals surface area contributed by atoms with Crippen molar-refractivity contribution in [3.63, 3.8) is 0 Å². The van der Waals surface area contributed by atoms with Gasteiger partial charge >= 0.3 is 5.97 Å². The van der Waals surface area contributed by atoms with Gasteiger partial charge in [0.1, 0.15) is 0 Å². The zero-order valence-electron chi connectivity index (χ0n) is 6.93. The lowest BCUT2D eigenvalue weighted by Gasteiger charge is -2.02. The Kier molecular flexibility index (Phi) is 7.91. The van der Waals surface area contributed by atoms with E-state index >= 15 is 0 Å². The van der Waals surface area contributed by atoms with Gasteiger partial charge in [-0.1, -0.05) is 50.9 Å². The van der Waals surface area contributed by atoms with Crippen LogP contribution in [0.1, 0.15) is 19.8 Å². The molecule has 0 bridgehead atoms. The van der Waals surface area contributed by atoms with Crippen molar-refractivity contribution in [2.45, 2.75) is 23.5 Å². The molecule has 2 nitrogen and oxygen atoms in total. The van der Waals surface area contributed by atoms with E-state index in [1.165, 1.54) is 0 Å². The first-order valence-corrected chi connectivity index (χ1v) is 5.61. The molecule has 0 spiro atoms. The van der Waals surface area contributed by atoms with E-state index in [-0.39, 0.29) is 9.71 Å². The van der Waals surface area contributed by atoms with Crippen LogP contribution in [0.5, 0.6) is 0 Å². The molecule has 0 N–H and O–H groups in total. The third-order valence-electron chi connectivity index (χ3n) is 1.11. The number of carbonyl (C=O) groups is 1. The molecule has 4 heteroatoms. The van der Waals surface area contributed by atoms with Gasteiger partial charge in [0.25, 0.3) is 0 Å². The number of rotatable bonds is 5. The van der Waals surface area contributed by atoms with E-state index < -0.39 is 0 Å². The third-order valence-corrected chi connectivity index (χ3v) is 1.86. The molecule has 0 radical (unpaired) electrons. The summed E-state index contributed by atoms with van der Waals surface area (Å²) in [6.07, 6.45) is 5.86. The van der Waals surface area contributed by atoms with Gasteiger partial charge in [0, 0.05) is 0 Å². The van der Waals surface area contributed by atoms with Crippen LogP contribution in [-0.2, 0) is 9.53 Å². The Morgan fingerprint density at radius 1 is 1.50 bits per heavy atom. The summed E-state index contributed by atoms with van der Waals surface area (Å²) >= 11 is 6.09. The molecule has 0 atom stereocenters. The summed E-state index contributed by atoms with van der Waals surface area (Å²) in [5.74, 6) is -0.278. The van der Waals surface area contributed by atoms with Gasteiger partial charge in [0.15, 0.2) is 3.74 Å². The third kappa shape index (κ3) is 6.85. The molecule has 0 amide bonds. The molecule has 0 rings (SSSR count). The van der Waals surface area contributed by atoms with Crippen molar-refractivity contribution in [3.05, 3.63) is 12.2 Å². The lowest BCUT2D eigenvalue weighted by molar-refractivity contribution is -0.140. The van der Waals surface area contributed by atoms with Crippen LogP contribution < -0.4 is 0 Å². The summed E-state index contributed by atoms with van der Waals surface area (Å²) in [5.41, 5.74) is 0. The number of alkyl halides is 2. The second-order valence-electron chi connectivity index (χ2n) is 2.14. The first kappa shape index (κ1) is 12.2. The van der Waals surface area contributed by atoms with Crippen LogP contribution in [0.3, 0.4) is 0 Å². The second kappa shape index (κ2) is 7.80. The van der Waals surface area contributed by atoms with E-state index in [0.29, 0.717) is 6.61 Å². The molecule has 0 saturated heterocycles. The molecule has 0 heterocycles. The number of allylic oxidation sites excluding steroid dienone is 1. The van der Waals surface area contributed by atoms with Gasteiger partial charge < -0.3 is 4.74 Å². The molecular formula is C8H12Br2O2. The van der Waals surface area contributed by atoms with Gasteiger partial charge in [-0.3, -0.25) is 0 Å². The Bertz CT molecular complexity index is 155. The Morgan fingerprint density at radius 3 is 2.67 bits per heavy atom. The summed E-state index contributed by atoms with van der Waals surface area (Å²) in [4.78, 5) is 10.8. The van der Waals surface area contributed by atoms with E-state index in [0.717, 1.165) is 12.8 Å². The van der Waals surface area contributed by atoms with Crippen LogP contribution in [0.2, 0.25) is 0 Å². The van der Waals surface area contributed by atoms with E-state index in [9.17, 15) is 4.79 Å². The van der Waals surface area contributed by atoms with Crippen molar-refractivity contribution in [2.75, 3.05) is 6.61 Å². The second-order valence-corrected chi connectivity index (χ2v) is 5.20. The topological polar surface area (TPSA) is 26.3 Å². The standard InChI is InChI=1S/C8H12Br2O2/c1-2-3-4-5-6-12-8(11)7(9)10/h3-4,7H,2,5-6H2,1H3/b4-3+. The maximum atomic E-state index is 10.8. The molecule has 0 aliphatic heterocycles. The van der Waals surface area contributed by atoms with Crippen molar-refractivity contribution >= 4 is 37.8 Å². The monoisotopic (exact) mass is 298 g/mol. The smallest absolute Gasteiger partial charge is 0.330 e. The molecule has 12 heavy (non-hydrogen) atoms. The van der Waals surface area contributed by atoms with Crippen molar-refractivity contribution in [3.8, 4) is 0 Å². The van der Waals surface area contributed by atoms with Crippen LogP contribution in [0.25, 0.3) is 0 Å². The average molecular weight is 300 g/mol. The van der Waals surface area contributed by atoms with Gasteiger partial charge in [-0.05, 0) is 12.8 Å². The van der Waals surface area contributed by atoms with Crippen molar-refractivity contribution in [1.29, 1.82) is 0 Å². The normalized spacial score (nSPS) is 11.0. The molecule has 70 valence electrons. The lowest BCUT2D eigenvalue weighted by Crippen LogP contribution is -2.11. The summed E-state index contributed by atoms with van der Waals surface area (Å²) in [6.45, 7) is 2.51. The Hall–Kier alpha value is 0.170. The molecule has 0 aromatic carbocycles. The number of hydrogen-bond acceptors (Lipinski definition) is 2. The van der Waals surface area contributed by atoms with Crippen LogP contribution in [-0.4, -0.2) is 16.3 Å². The van der Waals surface area contributed by atoms with E-state index in [4.69, 9.17) is 4.74 Å². The summed E-state index contributed by atoms with van der Waals surface area (Å²) in [5, 5.41) is 0. The first-order valence-electron chi connectivity index (χ1n) is 3.78. The first-order chi connectivity index (χ1) is 5.68. The zero-order valence-corrected chi connectivity index (χ0v) is 10.1. The fourth-order valence-corrected chi connectivity index (χ4v) is 0.839. The van der Waals surface area contributed by atoms with Crippen LogP contribution in [0.4, 0.5) is 0 Å². The zero-order chi connectivity index (χ0) is 9.40. The number of carbonyl (C=O) groups excluding carboxylic acids is 1. The molecule has 0 aromatic heterocycles. The average Bonchev–Trinajstić information content (AvgIpc) is 2.03. The molecular weight excluding hydrogens is 288 g/mol. The largest absolute Gasteiger partial charge is 0.464 e. The molecule has 0 unspecified atom stereocenters. The van der Waals surface area contributed by atoms with Crippen LogP contribution >= 0.6 is 31.9 Å². The molecule has 0 saturated carbocycles. The predicted molar refractivity (Wildman–Crippen MR) is 56.6 cm³/mol. The highest BCUT2D eigenvalue weighted by molar-refractivity contribution is 9.25. The van der Waals surface area contributed by atoms with Gasteiger partial charge in [-0.25, -0.2) is 4.79 Å². The maximum Gasteiger partial charge on any atom is 0.330 e. The number of hydrogen-bond donors (Lipinski definition) is 0. The van der Waals surface area contributed by atoms with Crippen LogP contribution in [0.15, 0.2) is 12.2 Å². The quantitative estimate of drug-likeness (QED) is 0.338. The summed E-state index contributed by atoms with van der Waals surface area (Å²) in [7, 11) is 0. The van der Waals surface area contributed by atoms with Crippen molar-refractivity contribution < 1.29 is 9.53 Å². The SMILES string of the molecule is CC/C=C/CCOC(=O)C(Br)Br. The highest BCUT2D eigenvalue weighted by Crippen LogP contribution is 2.09. The van der Waals surface area contributed by atoms with Gasteiger partial charge in [-0.15, -0.1) is 0 Å². The highest BCUT2D eigenvalue weighted by Gasteiger charge is 2.10. The minimum absolute atomic E-state index is 0.278. The Morgan fingerprint density at radius 2 is 2.17 bits per heavy atom. The number of halogens is 2. The van der Waals surface area contributed by atoms with Gasteiger partial charge in [0.2, 0.25) is 0 Å². The van der Waals surface area contributed by atoms with Crippen molar-refractivity contribution in [2.24, 2.45) is 0 Å². The van der Waals surface area contributed by atoms with Gasteiger partial charge in [0.05, 0.1) is 6.61 Å². The van der Waals surface area contributed by atoms with E-state index in [1.54, 1.807) is 0 Å². The van der Waals surface area contributed by atoms with E-state index in [2.05, 4.69) is 38.8 Å². The Balaban J connectivity index is 3.31. The highest BCUT2D eigenvalue weighted by atomic mass is 79.9. The van der Waals surface area contributed by atoms with Crippen LogP contribution in [0, 0.1) is 0 Å². The maximum absolute atomic E-state index is 10.8. The summed E-state index contributed by atoms with van der Waals surface area (Å²) in [6, 6.07) is 0. The number of esters is 1. The molecule has 0 aliphatic carbocycles. The fourth-order valence-electron chi connectivity index (χ4n) is 0.575. The van der Waals surface area contributed by atoms with Crippen molar-refractivity contribution in [1.82, 2.24) is 0 Å². The molecule has 0 fully saturated rings. The fraction of sp³-hybridized carbons (Fsp3) is 0.625. The number of ether oxygens (including phenoxy) is 1. The minimum Gasteiger partial charge on any atom is -0.464 e. The molecule has 0 aliphatic rings.